The fourth-order valence-corrected chi connectivity index (χ4v) is 2.68. The molecule has 1 saturated heterocycles. The van der Waals surface area contributed by atoms with Crippen molar-refractivity contribution >= 4 is 0 Å². The lowest BCUT2D eigenvalue weighted by Crippen LogP contribution is -2.38. The van der Waals surface area contributed by atoms with Gasteiger partial charge in [-0.1, -0.05) is 12.1 Å². The first-order chi connectivity index (χ1) is 8.49. The summed E-state index contributed by atoms with van der Waals surface area (Å²) in [5.41, 5.74) is -0.0841. The molecule has 2 fully saturated rings. The van der Waals surface area contributed by atoms with Gasteiger partial charge in [-0.05, 0) is 25.9 Å². The fourth-order valence-electron chi connectivity index (χ4n) is 2.68. The number of rotatable bonds is 2. The predicted octanol–water partition coefficient (Wildman–Crippen LogP) is 2.22. The summed E-state index contributed by atoms with van der Waals surface area (Å²) in [5.74, 6) is -1.74. The van der Waals surface area contributed by atoms with Crippen molar-refractivity contribution in [2.75, 3.05) is 13.1 Å². The van der Waals surface area contributed by atoms with Gasteiger partial charge in [0, 0.05) is 24.2 Å². The van der Waals surface area contributed by atoms with Gasteiger partial charge in [0.1, 0.15) is 0 Å². The molecule has 1 aliphatic carbocycles. The zero-order valence-electron chi connectivity index (χ0n) is 10.4. The van der Waals surface area contributed by atoms with Gasteiger partial charge in [0.05, 0.1) is 0 Å². The van der Waals surface area contributed by atoms with Crippen LogP contribution in [0.15, 0.2) is 4.52 Å². The average Bonchev–Trinajstić information content (AvgIpc) is 2.76. The first kappa shape index (κ1) is 12.0. The van der Waals surface area contributed by atoms with Gasteiger partial charge in [-0.2, -0.15) is 4.98 Å². The number of piperidine rings is 1. The van der Waals surface area contributed by atoms with Gasteiger partial charge in [-0.25, -0.2) is 8.78 Å². The van der Waals surface area contributed by atoms with Crippen LogP contribution in [0.4, 0.5) is 8.78 Å². The van der Waals surface area contributed by atoms with Gasteiger partial charge in [-0.15, -0.1) is 0 Å². The lowest BCUT2D eigenvalue weighted by molar-refractivity contribution is -0.0925. The number of nitrogens with zero attached hydrogens (tertiary/aromatic N) is 2. The smallest absolute Gasteiger partial charge is 0.249 e. The minimum absolute atomic E-state index is 0.0841. The zero-order chi connectivity index (χ0) is 12.8. The topological polar surface area (TPSA) is 51.0 Å². The summed E-state index contributed by atoms with van der Waals surface area (Å²) >= 11 is 0. The zero-order valence-corrected chi connectivity index (χ0v) is 10.4. The molecule has 0 amide bonds. The molecular formula is C12H17F2N3O. The summed E-state index contributed by atoms with van der Waals surface area (Å²) in [5, 5.41) is 7.29. The van der Waals surface area contributed by atoms with E-state index in [1.54, 1.807) is 0 Å². The number of aromatic nitrogens is 2. The molecule has 1 aromatic heterocycles. The molecular weight excluding hydrogens is 240 g/mol. The predicted molar refractivity (Wildman–Crippen MR) is 60.7 cm³/mol. The Morgan fingerprint density at radius 1 is 1.28 bits per heavy atom. The lowest BCUT2D eigenvalue weighted by Gasteiger charge is -2.32. The summed E-state index contributed by atoms with van der Waals surface area (Å²) < 4.78 is 30.8. The Balaban J connectivity index is 1.73. The molecule has 1 aliphatic heterocycles. The molecule has 0 atom stereocenters. The molecule has 1 saturated carbocycles. The maximum Gasteiger partial charge on any atom is 0.249 e. The van der Waals surface area contributed by atoms with Gasteiger partial charge >= 0.3 is 0 Å². The highest BCUT2D eigenvalue weighted by Crippen LogP contribution is 2.48. The summed E-state index contributed by atoms with van der Waals surface area (Å²) in [4.78, 5) is 4.35. The van der Waals surface area contributed by atoms with Crippen LogP contribution >= 0.6 is 0 Å². The van der Waals surface area contributed by atoms with Crippen LogP contribution in [0.3, 0.4) is 0 Å². The Morgan fingerprint density at radius 2 is 1.94 bits per heavy atom. The third-order valence-corrected chi connectivity index (χ3v) is 4.13. The van der Waals surface area contributed by atoms with E-state index in [4.69, 9.17) is 4.52 Å². The lowest BCUT2D eigenvalue weighted by atomic mass is 9.79. The van der Waals surface area contributed by atoms with Gasteiger partial charge in [0.25, 0.3) is 0 Å². The summed E-state index contributed by atoms with van der Waals surface area (Å²) in [6.07, 6.45) is 1.58. The van der Waals surface area contributed by atoms with Crippen LogP contribution in [-0.2, 0) is 5.41 Å². The minimum atomic E-state index is -2.54. The second-order valence-electron chi connectivity index (χ2n) is 5.73. The molecule has 6 heteroatoms. The van der Waals surface area contributed by atoms with Crippen molar-refractivity contribution in [1.82, 2.24) is 15.5 Å². The Hall–Kier alpha value is -1.04. The Kier molecular flexibility index (Phi) is 2.66. The number of hydrogen-bond donors (Lipinski definition) is 1. The van der Waals surface area contributed by atoms with Crippen molar-refractivity contribution in [2.45, 2.75) is 49.9 Å². The van der Waals surface area contributed by atoms with E-state index in [9.17, 15) is 8.78 Å². The molecule has 18 heavy (non-hydrogen) atoms. The molecule has 2 aliphatic rings. The molecule has 100 valence electrons. The molecule has 0 radical (unpaired) electrons. The number of alkyl halides is 2. The monoisotopic (exact) mass is 257 g/mol. The average molecular weight is 257 g/mol. The highest BCUT2D eigenvalue weighted by Gasteiger charge is 2.49. The Labute approximate surface area is 104 Å². The number of hydrogen-bond acceptors (Lipinski definition) is 4. The van der Waals surface area contributed by atoms with Gasteiger partial charge in [-0.3, -0.25) is 0 Å². The molecule has 0 unspecified atom stereocenters. The number of halogens is 2. The second-order valence-corrected chi connectivity index (χ2v) is 5.73. The third kappa shape index (κ3) is 2.02. The standard InChI is InChI=1S/C12H17F2N3O/c1-11(2-4-15-5-3-11)10-16-9(18-17-10)8-6-12(13,14)7-8/h8,15H,2-7H2,1H3. The molecule has 3 rings (SSSR count). The molecule has 0 spiro atoms. The second kappa shape index (κ2) is 3.98. The quantitative estimate of drug-likeness (QED) is 0.882. The van der Waals surface area contributed by atoms with Gasteiger partial charge in [0.2, 0.25) is 11.8 Å². The third-order valence-electron chi connectivity index (χ3n) is 4.13. The van der Waals surface area contributed by atoms with E-state index in [1.807, 2.05) is 0 Å². The van der Waals surface area contributed by atoms with Crippen molar-refractivity contribution < 1.29 is 13.3 Å². The molecule has 0 bridgehead atoms. The van der Waals surface area contributed by atoms with Crippen LogP contribution in [0.5, 0.6) is 0 Å². The van der Waals surface area contributed by atoms with Crippen molar-refractivity contribution in [3.63, 3.8) is 0 Å². The largest absolute Gasteiger partial charge is 0.339 e. The van der Waals surface area contributed by atoms with Gasteiger partial charge < -0.3 is 9.84 Å². The molecule has 2 heterocycles. The molecule has 1 N–H and O–H groups in total. The van der Waals surface area contributed by atoms with Crippen LogP contribution in [0.1, 0.15) is 50.2 Å². The minimum Gasteiger partial charge on any atom is -0.339 e. The van der Waals surface area contributed by atoms with Crippen LogP contribution in [0, 0.1) is 0 Å². The van der Waals surface area contributed by atoms with Crippen molar-refractivity contribution in [2.24, 2.45) is 0 Å². The first-order valence-electron chi connectivity index (χ1n) is 6.41. The number of nitrogens with one attached hydrogen (secondary N) is 1. The van der Waals surface area contributed by atoms with Crippen LogP contribution in [0.2, 0.25) is 0 Å². The Morgan fingerprint density at radius 3 is 2.56 bits per heavy atom. The van der Waals surface area contributed by atoms with Gasteiger partial charge in [0.15, 0.2) is 5.82 Å². The highest BCUT2D eigenvalue weighted by molar-refractivity contribution is 5.11. The summed E-state index contributed by atoms with van der Waals surface area (Å²) in [6, 6.07) is 0. The van der Waals surface area contributed by atoms with Crippen LogP contribution in [-0.4, -0.2) is 29.2 Å². The van der Waals surface area contributed by atoms with E-state index in [0.29, 0.717) is 11.7 Å². The van der Waals surface area contributed by atoms with E-state index in [1.165, 1.54) is 0 Å². The Bertz CT molecular complexity index is 432. The molecule has 1 aromatic rings. The van der Waals surface area contributed by atoms with Crippen LogP contribution in [0.25, 0.3) is 0 Å². The fraction of sp³-hybridized carbons (Fsp3) is 0.833. The SMILES string of the molecule is CC1(c2noc(C3CC(F)(F)C3)n2)CCNCC1. The van der Waals surface area contributed by atoms with E-state index in [-0.39, 0.29) is 24.2 Å². The van der Waals surface area contributed by atoms with E-state index in [2.05, 4.69) is 22.4 Å². The first-order valence-corrected chi connectivity index (χ1v) is 6.41. The van der Waals surface area contributed by atoms with Crippen LogP contribution < -0.4 is 5.32 Å². The van der Waals surface area contributed by atoms with E-state index in [0.717, 1.165) is 25.9 Å². The highest BCUT2D eigenvalue weighted by atomic mass is 19.3. The summed E-state index contributed by atoms with van der Waals surface area (Å²) in [6.45, 7) is 3.97. The van der Waals surface area contributed by atoms with Crippen molar-refractivity contribution in [3.05, 3.63) is 11.7 Å². The normalized spacial score (nSPS) is 26.8. The molecule has 4 nitrogen and oxygen atoms in total. The van der Waals surface area contributed by atoms with E-state index >= 15 is 0 Å². The van der Waals surface area contributed by atoms with Crippen molar-refractivity contribution in [3.8, 4) is 0 Å². The summed E-state index contributed by atoms with van der Waals surface area (Å²) in [7, 11) is 0. The maximum absolute atomic E-state index is 12.8. The molecule has 0 aromatic carbocycles. The maximum atomic E-state index is 12.8. The van der Waals surface area contributed by atoms with E-state index < -0.39 is 5.92 Å². The van der Waals surface area contributed by atoms with Crippen molar-refractivity contribution in [1.29, 1.82) is 0 Å².